The number of terminal acetylenes is 1. The van der Waals surface area contributed by atoms with Gasteiger partial charge in [0, 0.05) is 12.1 Å². The lowest BCUT2D eigenvalue weighted by Gasteiger charge is -2.00. The first-order chi connectivity index (χ1) is 7.63. The number of esters is 1. The summed E-state index contributed by atoms with van der Waals surface area (Å²) in [6.45, 7) is -0.0637. The lowest BCUT2D eigenvalue weighted by Crippen LogP contribution is -2.07. The van der Waals surface area contributed by atoms with Gasteiger partial charge in [0.2, 0.25) is 0 Å². The average Bonchev–Trinajstić information content (AvgIpc) is 2.27. The molecule has 16 heavy (non-hydrogen) atoms. The second-order valence-corrected chi connectivity index (χ2v) is 2.97. The van der Waals surface area contributed by atoms with Crippen LogP contribution < -0.4 is 0 Å². The van der Waals surface area contributed by atoms with Gasteiger partial charge in [0.15, 0.2) is 6.61 Å². The summed E-state index contributed by atoms with van der Waals surface area (Å²) in [4.78, 5) is 21.0. The molecule has 0 N–H and O–H groups in total. The summed E-state index contributed by atoms with van der Waals surface area (Å²) in [5.74, 6) is 1.72. The zero-order valence-electron chi connectivity index (χ0n) is 8.38. The predicted octanol–water partition coefficient (Wildman–Crippen LogP) is 1.31. The topological polar surface area (TPSA) is 69.4 Å². The van der Waals surface area contributed by atoms with Crippen molar-refractivity contribution in [1.29, 1.82) is 0 Å². The molecule has 0 aliphatic rings. The van der Waals surface area contributed by atoms with Crippen LogP contribution in [0, 0.1) is 22.5 Å². The lowest BCUT2D eigenvalue weighted by atomic mass is 10.1. The number of hydrogen-bond donors (Lipinski definition) is 0. The van der Waals surface area contributed by atoms with E-state index in [1.54, 1.807) is 0 Å². The van der Waals surface area contributed by atoms with Gasteiger partial charge in [-0.15, -0.1) is 6.42 Å². The number of ether oxygens (including phenoxy) is 1. The molecule has 0 unspecified atom stereocenters. The SMILES string of the molecule is C#CCOC(=O)Cc1ccc([N+](=O)[O-])cc1. The van der Waals surface area contributed by atoms with Gasteiger partial charge in [-0.05, 0) is 5.56 Å². The van der Waals surface area contributed by atoms with E-state index in [-0.39, 0.29) is 18.7 Å². The van der Waals surface area contributed by atoms with Gasteiger partial charge in [0.1, 0.15) is 0 Å². The van der Waals surface area contributed by atoms with Gasteiger partial charge in [-0.1, -0.05) is 18.1 Å². The van der Waals surface area contributed by atoms with Crippen LogP contribution in [0.4, 0.5) is 5.69 Å². The molecule has 0 heterocycles. The normalized spacial score (nSPS) is 9.19. The van der Waals surface area contributed by atoms with Crippen molar-refractivity contribution in [2.75, 3.05) is 6.61 Å². The van der Waals surface area contributed by atoms with Crippen LogP contribution in [-0.2, 0) is 16.0 Å². The highest BCUT2D eigenvalue weighted by Gasteiger charge is 2.07. The summed E-state index contributed by atoms with van der Waals surface area (Å²) in [5, 5.41) is 10.4. The number of carbonyl (C=O) groups excluding carboxylic acids is 1. The molecule has 82 valence electrons. The van der Waals surface area contributed by atoms with Crippen molar-refractivity contribution in [2.45, 2.75) is 6.42 Å². The molecule has 5 nitrogen and oxygen atoms in total. The summed E-state index contributed by atoms with van der Waals surface area (Å²) < 4.78 is 4.66. The highest BCUT2D eigenvalue weighted by molar-refractivity contribution is 5.72. The maximum atomic E-state index is 11.1. The van der Waals surface area contributed by atoms with Crippen molar-refractivity contribution in [2.24, 2.45) is 0 Å². The molecule has 0 fully saturated rings. The molecule has 0 bridgehead atoms. The predicted molar refractivity (Wildman–Crippen MR) is 56.6 cm³/mol. The average molecular weight is 219 g/mol. The molecular weight excluding hydrogens is 210 g/mol. The highest BCUT2D eigenvalue weighted by atomic mass is 16.6. The fraction of sp³-hybridized carbons (Fsp3) is 0.182. The smallest absolute Gasteiger partial charge is 0.311 e. The van der Waals surface area contributed by atoms with Crippen LogP contribution in [0.25, 0.3) is 0 Å². The zero-order chi connectivity index (χ0) is 12.0. The van der Waals surface area contributed by atoms with Crippen LogP contribution >= 0.6 is 0 Å². The fourth-order valence-corrected chi connectivity index (χ4v) is 1.08. The summed E-state index contributed by atoms with van der Waals surface area (Å²) in [5.41, 5.74) is 0.633. The molecule has 0 spiro atoms. The third-order valence-corrected chi connectivity index (χ3v) is 1.81. The van der Waals surface area contributed by atoms with Gasteiger partial charge in [0.05, 0.1) is 11.3 Å². The van der Waals surface area contributed by atoms with E-state index in [9.17, 15) is 14.9 Å². The summed E-state index contributed by atoms with van der Waals surface area (Å²) in [7, 11) is 0. The molecule has 0 atom stereocenters. The third-order valence-electron chi connectivity index (χ3n) is 1.81. The molecule has 0 aromatic heterocycles. The van der Waals surface area contributed by atoms with E-state index in [2.05, 4.69) is 10.7 Å². The van der Waals surface area contributed by atoms with Crippen LogP contribution in [-0.4, -0.2) is 17.5 Å². The van der Waals surface area contributed by atoms with Crippen molar-refractivity contribution < 1.29 is 14.5 Å². The van der Waals surface area contributed by atoms with Crippen LogP contribution in [0.1, 0.15) is 5.56 Å². The first-order valence-electron chi connectivity index (χ1n) is 4.46. The van der Waals surface area contributed by atoms with Crippen molar-refractivity contribution >= 4 is 11.7 Å². The van der Waals surface area contributed by atoms with E-state index in [0.29, 0.717) is 5.56 Å². The Morgan fingerprint density at radius 1 is 1.44 bits per heavy atom. The highest BCUT2D eigenvalue weighted by Crippen LogP contribution is 2.12. The van der Waals surface area contributed by atoms with Gasteiger partial charge in [-0.3, -0.25) is 14.9 Å². The first-order valence-corrected chi connectivity index (χ1v) is 4.46. The minimum Gasteiger partial charge on any atom is -0.452 e. The molecule has 0 aliphatic heterocycles. The largest absolute Gasteiger partial charge is 0.452 e. The van der Waals surface area contributed by atoms with E-state index >= 15 is 0 Å². The number of non-ortho nitro benzene ring substituents is 1. The van der Waals surface area contributed by atoms with Crippen LogP contribution in [0.5, 0.6) is 0 Å². The molecule has 0 amide bonds. The number of carbonyl (C=O) groups is 1. The maximum Gasteiger partial charge on any atom is 0.311 e. The van der Waals surface area contributed by atoms with Gasteiger partial charge in [-0.2, -0.15) is 0 Å². The van der Waals surface area contributed by atoms with Gasteiger partial charge >= 0.3 is 5.97 Å². The number of nitro benzene ring substituents is 1. The van der Waals surface area contributed by atoms with Crippen LogP contribution in [0.2, 0.25) is 0 Å². The Balaban J connectivity index is 2.59. The molecule has 0 saturated heterocycles. The Kier molecular flexibility index (Phi) is 4.04. The number of hydrogen-bond acceptors (Lipinski definition) is 4. The van der Waals surface area contributed by atoms with Gasteiger partial charge in [0.25, 0.3) is 5.69 Å². The maximum absolute atomic E-state index is 11.1. The van der Waals surface area contributed by atoms with Crippen molar-refractivity contribution in [3.63, 3.8) is 0 Å². The second-order valence-electron chi connectivity index (χ2n) is 2.97. The number of nitrogens with zero attached hydrogens (tertiary/aromatic N) is 1. The molecule has 1 aromatic rings. The van der Waals surface area contributed by atoms with Crippen LogP contribution in [0.3, 0.4) is 0 Å². The molecule has 0 saturated carbocycles. The van der Waals surface area contributed by atoms with E-state index in [4.69, 9.17) is 6.42 Å². The van der Waals surface area contributed by atoms with Crippen molar-refractivity contribution in [3.8, 4) is 12.3 Å². The monoisotopic (exact) mass is 219 g/mol. The number of rotatable bonds is 4. The van der Waals surface area contributed by atoms with E-state index in [0.717, 1.165) is 0 Å². The quantitative estimate of drug-likeness (QED) is 0.331. The molecule has 5 heteroatoms. The Morgan fingerprint density at radius 2 is 2.06 bits per heavy atom. The summed E-state index contributed by atoms with van der Waals surface area (Å²) in [6.07, 6.45) is 4.98. The fourth-order valence-electron chi connectivity index (χ4n) is 1.08. The Morgan fingerprint density at radius 3 is 2.56 bits per heavy atom. The van der Waals surface area contributed by atoms with Gasteiger partial charge < -0.3 is 4.74 Å². The zero-order valence-corrected chi connectivity index (χ0v) is 8.38. The number of benzene rings is 1. The Hall–Kier alpha value is -2.35. The minimum atomic E-state index is -0.500. The van der Waals surface area contributed by atoms with E-state index in [1.165, 1.54) is 24.3 Å². The minimum absolute atomic E-state index is 0.0132. The van der Waals surface area contributed by atoms with Gasteiger partial charge in [-0.25, -0.2) is 0 Å². The van der Waals surface area contributed by atoms with Crippen molar-refractivity contribution in [1.82, 2.24) is 0 Å². The first kappa shape index (κ1) is 11.7. The van der Waals surface area contributed by atoms with E-state index in [1.807, 2.05) is 0 Å². The van der Waals surface area contributed by atoms with E-state index < -0.39 is 10.9 Å². The Labute approximate surface area is 92.2 Å². The summed E-state index contributed by atoms with van der Waals surface area (Å²) in [6, 6.07) is 5.69. The Bertz CT molecular complexity index is 430. The third kappa shape index (κ3) is 3.42. The molecule has 0 aliphatic carbocycles. The summed E-state index contributed by atoms with van der Waals surface area (Å²) >= 11 is 0. The standard InChI is InChI=1S/C11H9NO4/c1-2-7-16-11(13)8-9-3-5-10(6-4-9)12(14)15/h1,3-6H,7-8H2. The lowest BCUT2D eigenvalue weighted by molar-refractivity contribution is -0.384. The molecule has 1 aromatic carbocycles. The molecule has 1 rings (SSSR count). The molecular formula is C11H9NO4. The molecule has 0 radical (unpaired) electrons. The van der Waals surface area contributed by atoms with Crippen LogP contribution in [0.15, 0.2) is 24.3 Å². The second kappa shape index (κ2) is 5.51. The van der Waals surface area contributed by atoms with Crippen molar-refractivity contribution in [3.05, 3.63) is 39.9 Å². The number of nitro groups is 1.